The molecular formula is C21H29N3O5. The van der Waals surface area contributed by atoms with E-state index in [-0.39, 0.29) is 18.2 Å². The van der Waals surface area contributed by atoms with Crippen LogP contribution in [0.5, 0.6) is 0 Å². The fourth-order valence-electron chi connectivity index (χ4n) is 3.36. The maximum absolute atomic E-state index is 13.0. The molecule has 3 heterocycles. The van der Waals surface area contributed by atoms with Crippen molar-refractivity contribution in [3.8, 4) is 0 Å². The molecule has 8 heteroatoms. The second-order valence-electron chi connectivity index (χ2n) is 7.19. The standard InChI is InChI=1S/C21H29N3O5/c1-16-14-19(17(2)29-16)21(26)24(15-18-4-3-11-28-18)7-5-20(25)22-6-8-23-9-12-27-13-10-23/h3-4,11,14H,5-10,12-13,15H2,1-2H3,(H,22,25). The lowest BCUT2D eigenvalue weighted by Crippen LogP contribution is -2.42. The Kier molecular flexibility index (Phi) is 7.48. The first-order valence-electron chi connectivity index (χ1n) is 9.98. The quantitative estimate of drug-likeness (QED) is 0.689. The van der Waals surface area contributed by atoms with Crippen molar-refractivity contribution in [2.24, 2.45) is 0 Å². The first-order chi connectivity index (χ1) is 14.0. The molecule has 0 aliphatic carbocycles. The van der Waals surface area contributed by atoms with Crippen LogP contribution in [0.4, 0.5) is 0 Å². The Bertz CT molecular complexity index is 793. The van der Waals surface area contributed by atoms with E-state index in [4.69, 9.17) is 13.6 Å². The normalized spacial score (nSPS) is 14.7. The van der Waals surface area contributed by atoms with E-state index in [1.54, 1.807) is 30.2 Å². The molecular weight excluding hydrogens is 374 g/mol. The molecule has 158 valence electrons. The molecule has 0 aromatic carbocycles. The van der Waals surface area contributed by atoms with Gasteiger partial charge < -0.3 is 23.8 Å². The highest BCUT2D eigenvalue weighted by Crippen LogP contribution is 2.18. The van der Waals surface area contributed by atoms with Crippen molar-refractivity contribution < 1.29 is 23.2 Å². The minimum Gasteiger partial charge on any atom is -0.467 e. The smallest absolute Gasteiger partial charge is 0.257 e. The van der Waals surface area contributed by atoms with E-state index in [9.17, 15) is 9.59 Å². The molecule has 3 rings (SSSR count). The highest BCUT2D eigenvalue weighted by molar-refractivity contribution is 5.95. The molecule has 0 saturated carbocycles. The van der Waals surface area contributed by atoms with Crippen LogP contribution in [0.3, 0.4) is 0 Å². The Hall–Kier alpha value is -2.58. The van der Waals surface area contributed by atoms with Gasteiger partial charge in [-0.3, -0.25) is 14.5 Å². The molecule has 0 unspecified atom stereocenters. The lowest BCUT2D eigenvalue weighted by atomic mass is 10.2. The van der Waals surface area contributed by atoms with Crippen LogP contribution >= 0.6 is 0 Å². The van der Waals surface area contributed by atoms with Gasteiger partial charge in [-0.15, -0.1) is 0 Å². The number of nitrogens with zero attached hydrogens (tertiary/aromatic N) is 2. The Morgan fingerprint density at radius 2 is 2.03 bits per heavy atom. The summed E-state index contributed by atoms with van der Waals surface area (Å²) in [5.41, 5.74) is 0.516. The summed E-state index contributed by atoms with van der Waals surface area (Å²) in [7, 11) is 0. The number of furan rings is 2. The summed E-state index contributed by atoms with van der Waals surface area (Å²) >= 11 is 0. The van der Waals surface area contributed by atoms with Crippen LogP contribution < -0.4 is 5.32 Å². The summed E-state index contributed by atoms with van der Waals surface area (Å²) in [6.45, 7) is 8.84. The summed E-state index contributed by atoms with van der Waals surface area (Å²) in [5, 5.41) is 2.94. The summed E-state index contributed by atoms with van der Waals surface area (Å²) < 4.78 is 16.2. The molecule has 8 nitrogen and oxygen atoms in total. The number of ether oxygens (including phenoxy) is 1. The number of aryl methyl sites for hydroxylation is 2. The van der Waals surface area contributed by atoms with Gasteiger partial charge in [0.15, 0.2) is 0 Å². The van der Waals surface area contributed by atoms with Crippen LogP contribution in [0.1, 0.15) is 34.1 Å². The van der Waals surface area contributed by atoms with Crippen LogP contribution in [0.15, 0.2) is 33.3 Å². The molecule has 1 saturated heterocycles. The minimum atomic E-state index is -0.170. The average Bonchev–Trinajstić information content (AvgIpc) is 3.34. The lowest BCUT2D eigenvalue weighted by molar-refractivity contribution is -0.121. The van der Waals surface area contributed by atoms with Crippen molar-refractivity contribution in [2.45, 2.75) is 26.8 Å². The molecule has 0 spiro atoms. The van der Waals surface area contributed by atoms with Crippen molar-refractivity contribution in [3.63, 3.8) is 0 Å². The van der Waals surface area contributed by atoms with Crippen molar-refractivity contribution in [1.82, 2.24) is 15.1 Å². The van der Waals surface area contributed by atoms with Crippen LogP contribution in [-0.2, 0) is 16.1 Å². The average molecular weight is 403 g/mol. The van der Waals surface area contributed by atoms with Gasteiger partial charge in [0.05, 0.1) is 31.6 Å². The topological polar surface area (TPSA) is 88.2 Å². The molecule has 2 amide bonds. The molecule has 1 N–H and O–H groups in total. The number of carbonyl (C=O) groups is 2. The van der Waals surface area contributed by atoms with Gasteiger partial charge in [0.25, 0.3) is 5.91 Å². The van der Waals surface area contributed by atoms with E-state index < -0.39 is 0 Å². The predicted molar refractivity (Wildman–Crippen MR) is 107 cm³/mol. The Balaban J connectivity index is 1.53. The van der Waals surface area contributed by atoms with E-state index in [0.29, 0.717) is 42.5 Å². The van der Waals surface area contributed by atoms with Crippen LogP contribution in [0, 0.1) is 13.8 Å². The predicted octanol–water partition coefficient (Wildman–Crippen LogP) is 1.97. The zero-order chi connectivity index (χ0) is 20.6. The Morgan fingerprint density at radius 1 is 1.24 bits per heavy atom. The monoisotopic (exact) mass is 403 g/mol. The van der Waals surface area contributed by atoms with E-state index in [1.807, 2.05) is 13.0 Å². The third-order valence-electron chi connectivity index (χ3n) is 4.95. The molecule has 2 aromatic rings. The van der Waals surface area contributed by atoms with Crippen LogP contribution in [-0.4, -0.2) is 67.6 Å². The second-order valence-corrected chi connectivity index (χ2v) is 7.19. The van der Waals surface area contributed by atoms with Crippen molar-refractivity contribution in [1.29, 1.82) is 0 Å². The highest BCUT2D eigenvalue weighted by atomic mass is 16.5. The number of morpholine rings is 1. The van der Waals surface area contributed by atoms with Crippen molar-refractivity contribution >= 4 is 11.8 Å². The number of amides is 2. The molecule has 1 aliphatic heterocycles. The van der Waals surface area contributed by atoms with Crippen LogP contribution in [0.25, 0.3) is 0 Å². The summed E-state index contributed by atoms with van der Waals surface area (Å²) in [5.74, 6) is 1.69. The first-order valence-corrected chi connectivity index (χ1v) is 9.98. The van der Waals surface area contributed by atoms with E-state index in [1.165, 1.54) is 0 Å². The third kappa shape index (κ3) is 6.20. The van der Waals surface area contributed by atoms with Gasteiger partial charge in [-0.25, -0.2) is 0 Å². The maximum Gasteiger partial charge on any atom is 0.257 e. The van der Waals surface area contributed by atoms with Gasteiger partial charge in [0.1, 0.15) is 17.3 Å². The van der Waals surface area contributed by atoms with E-state index >= 15 is 0 Å². The second kappa shape index (κ2) is 10.3. The number of hydrogen-bond donors (Lipinski definition) is 1. The minimum absolute atomic E-state index is 0.0735. The zero-order valence-corrected chi connectivity index (χ0v) is 17.1. The number of hydrogen-bond acceptors (Lipinski definition) is 6. The van der Waals surface area contributed by atoms with Gasteiger partial charge >= 0.3 is 0 Å². The molecule has 0 atom stereocenters. The molecule has 0 radical (unpaired) electrons. The molecule has 0 bridgehead atoms. The van der Waals surface area contributed by atoms with Gasteiger partial charge in [-0.2, -0.15) is 0 Å². The van der Waals surface area contributed by atoms with Gasteiger partial charge in [-0.1, -0.05) is 0 Å². The fraction of sp³-hybridized carbons (Fsp3) is 0.524. The number of nitrogens with one attached hydrogen (secondary N) is 1. The number of carbonyl (C=O) groups excluding carboxylic acids is 2. The molecule has 1 aliphatic rings. The zero-order valence-electron chi connectivity index (χ0n) is 17.1. The summed E-state index contributed by atoms with van der Waals surface area (Å²) in [6.07, 6.45) is 1.80. The fourth-order valence-corrected chi connectivity index (χ4v) is 3.36. The molecule has 1 fully saturated rings. The largest absolute Gasteiger partial charge is 0.467 e. The van der Waals surface area contributed by atoms with Gasteiger partial charge in [-0.05, 0) is 32.0 Å². The third-order valence-corrected chi connectivity index (χ3v) is 4.95. The van der Waals surface area contributed by atoms with Crippen molar-refractivity contribution in [2.75, 3.05) is 45.9 Å². The summed E-state index contributed by atoms with van der Waals surface area (Å²) in [4.78, 5) is 29.2. The lowest BCUT2D eigenvalue weighted by Gasteiger charge is -2.26. The van der Waals surface area contributed by atoms with Crippen LogP contribution in [0.2, 0.25) is 0 Å². The molecule has 29 heavy (non-hydrogen) atoms. The van der Waals surface area contributed by atoms with Gasteiger partial charge in [0, 0.05) is 39.1 Å². The SMILES string of the molecule is Cc1cc(C(=O)N(CCC(=O)NCCN2CCOCC2)Cc2ccco2)c(C)o1. The molecule has 2 aromatic heterocycles. The van der Waals surface area contributed by atoms with E-state index in [0.717, 1.165) is 32.8 Å². The van der Waals surface area contributed by atoms with Crippen molar-refractivity contribution in [3.05, 3.63) is 47.3 Å². The van der Waals surface area contributed by atoms with Gasteiger partial charge in [0.2, 0.25) is 5.91 Å². The maximum atomic E-state index is 13.0. The number of rotatable bonds is 9. The first kappa shape index (κ1) is 21.1. The Morgan fingerprint density at radius 3 is 2.69 bits per heavy atom. The highest BCUT2D eigenvalue weighted by Gasteiger charge is 2.22. The Labute approximate surface area is 170 Å². The van der Waals surface area contributed by atoms with E-state index in [2.05, 4.69) is 10.2 Å². The summed E-state index contributed by atoms with van der Waals surface area (Å²) in [6, 6.07) is 5.33.